The zero-order valence-corrected chi connectivity index (χ0v) is 22.1. The summed E-state index contributed by atoms with van der Waals surface area (Å²) in [5, 5.41) is 3.59. The molecule has 0 saturated heterocycles. The summed E-state index contributed by atoms with van der Waals surface area (Å²) in [7, 11) is 0. The molecule has 0 aliphatic carbocycles. The molecule has 7 aromatic carbocycles. The number of benzene rings is 7. The molecule has 0 bridgehead atoms. The zero-order valence-electron chi connectivity index (χ0n) is 30.1. The van der Waals surface area contributed by atoms with Gasteiger partial charge in [0.15, 0.2) is 0 Å². The van der Waals surface area contributed by atoms with E-state index in [4.69, 9.17) is 19.8 Å². The molecule has 196 valence electrons. The van der Waals surface area contributed by atoms with E-state index < -0.39 is 24.2 Å². The highest BCUT2D eigenvalue weighted by molar-refractivity contribution is 6.21. The predicted molar refractivity (Wildman–Crippen MR) is 175 cm³/mol. The van der Waals surface area contributed by atoms with Crippen molar-refractivity contribution in [2.24, 2.45) is 0 Å². The van der Waals surface area contributed by atoms with Crippen LogP contribution in [-0.2, 0) is 0 Å². The number of fused-ring (bicyclic) bond motifs is 6. The van der Waals surface area contributed by atoms with E-state index in [1.165, 1.54) is 0 Å². The number of hydrogen-bond acceptors (Lipinski definition) is 2. The molecule has 2 heteroatoms. The molecular weight excluding hydrogens is 512 g/mol. The first-order valence-corrected chi connectivity index (χ1v) is 13.6. The standard InChI is InChI=1S/C40H24O2/c1-2-8-26(9-3-1)39-30-10-4-6-12-32(30)40(33-13-7-5-11-31(33)39)27-16-14-25(15-17-27)28-18-19-36-34(22-28)35-24-37-29(20-21-41-37)23-38(35)42-36/h1-24H/i4D,5D,6D,7D,10D,11D,12D,13D. The lowest BCUT2D eigenvalue weighted by atomic mass is 9.86. The molecule has 9 aromatic rings. The molecule has 42 heavy (non-hydrogen) atoms. The van der Waals surface area contributed by atoms with Crippen molar-refractivity contribution in [2.75, 3.05) is 0 Å². The molecule has 0 saturated carbocycles. The van der Waals surface area contributed by atoms with Crippen LogP contribution < -0.4 is 0 Å². The van der Waals surface area contributed by atoms with Crippen molar-refractivity contribution in [3.05, 3.63) is 146 Å². The van der Waals surface area contributed by atoms with Crippen molar-refractivity contribution in [1.82, 2.24) is 0 Å². The highest BCUT2D eigenvalue weighted by Crippen LogP contribution is 2.44. The topological polar surface area (TPSA) is 26.3 Å². The van der Waals surface area contributed by atoms with E-state index in [1.807, 2.05) is 60.7 Å². The van der Waals surface area contributed by atoms with Gasteiger partial charge in [-0.2, -0.15) is 0 Å². The summed E-state index contributed by atoms with van der Waals surface area (Å²) in [6.45, 7) is 0. The Labute approximate surface area is 253 Å². The Morgan fingerprint density at radius 1 is 0.429 bits per heavy atom. The first-order chi connectivity index (χ1) is 24.1. The summed E-state index contributed by atoms with van der Waals surface area (Å²) in [6.07, 6.45) is 1.65. The van der Waals surface area contributed by atoms with Gasteiger partial charge in [0.25, 0.3) is 0 Å². The molecule has 0 spiro atoms. The van der Waals surface area contributed by atoms with Crippen LogP contribution in [0.2, 0.25) is 0 Å². The lowest BCUT2D eigenvalue weighted by molar-refractivity contribution is 0.616. The lowest BCUT2D eigenvalue weighted by Gasteiger charge is -2.18. The largest absolute Gasteiger partial charge is 0.464 e. The van der Waals surface area contributed by atoms with Gasteiger partial charge >= 0.3 is 0 Å². The van der Waals surface area contributed by atoms with E-state index in [1.54, 1.807) is 30.5 Å². The minimum absolute atomic E-state index is 0.190. The Morgan fingerprint density at radius 2 is 1.00 bits per heavy atom. The number of hydrogen-bond donors (Lipinski definition) is 0. The van der Waals surface area contributed by atoms with Gasteiger partial charge in [-0.1, -0.05) is 109 Å². The maximum Gasteiger partial charge on any atom is 0.136 e. The number of rotatable bonds is 3. The van der Waals surface area contributed by atoms with Crippen LogP contribution >= 0.6 is 0 Å². The molecule has 0 atom stereocenters. The smallest absolute Gasteiger partial charge is 0.136 e. The fourth-order valence-electron chi connectivity index (χ4n) is 6.05. The molecule has 0 fully saturated rings. The molecule has 0 aliphatic rings. The molecular formula is C40H24O2. The summed E-state index contributed by atoms with van der Waals surface area (Å²) < 4.78 is 82.5. The van der Waals surface area contributed by atoms with E-state index in [0.29, 0.717) is 22.3 Å². The van der Waals surface area contributed by atoms with Crippen molar-refractivity contribution < 1.29 is 19.8 Å². The molecule has 2 nitrogen and oxygen atoms in total. The third kappa shape index (κ3) is 3.45. The summed E-state index contributed by atoms with van der Waals surface area (Å²) >= 11 is 0. The van der Waals surface area contributed by atoms with Gasteiger partial charge in [0.2, 0.25) is 0 Å². The van der Waals surface area contributed by atoms with Crippen LogP contribution in [0.25, 0.3) is 87.8 Å². The molecule has 0 aliphatic heterocycles. The van der Waals surface area contributed by atoms with Crippen molar-refractivity contribution in [3.63, 3.8) is 0 Å². The summed E-state index contributed by atoms with van der Waals surface area (Å²) in [5.41, 5.74) is 5.85. The Morgan fingerprint density at radius 3 is 1.67 bits per heavy atom. The SMILES string of the molecule is [2H]c1c([2H])c([2H])c2c(-c3ccc(-c4ccc5oc6cc7ccoc7cc6c5c4)cc3)c3c([2H])c([2H])c([2H])c([2H])c3c(-c3ccccc3)c2c1[2H]. The molecule has 2 aromatic heterocycles. The van der Waals surface area contributed by atoms with Crippen LogP contribution in [0.1, 0.15) is 11.0 Å². The van der Waals surface area contributed by atoms with Crippen LogP contribution in [0, 0.1) is 0 Å². The van der Waals surface area contributed by atoms with Crippen molar-refractivity contribution in [1.29, 1.82) is 0 Å². The van der Waals surface area contributed by atoms with Crippen LogP contribution in [-0.4, -0.2) is 0 Å². The maximum atomic E-state index is 9.12. The molecule has 0 unspecified atom stereocenters. The fourth-order valence-corrected chi connectivity index (χ4v) is 6.05. The average Bonchev–Trinajstić information content (AvgIpc) is 3.76. The second-order valence-electron chi connectivity index (χ2n) is 10.3. The van der Waals surface area contributed by atoms with Gasteiger partial charge in [0, 0.05) is 16.2 Å². The van der Waals surface area contributed by atoms with E-state index in [2.05, 4.69) is 6.07 Å². The fraction of sp³-hybridized carbons (Fsp3) is 0. The third-order valence-electron chi connectivity index (χ3n) is 7.99. The summed E-state index contributed by atoms with van der Waals surface area (Å²) in [4.78, 5) is 0. The molecule has 2 heterocycles. The Bertz CT molecular complexity index is 2810. The highest BCUT2D eigenvalue weighted by atomic mass is 16.3. The normalized spacial score (nSPS) is 14.5. The summed E-state index contributed by atoms with van der Waals surface area (Å²) in [5.74, 6) is 0. The first kappa shape index (κ1) is 16.6. The Kier molecular flexibility index (Phi) is 3.54. The molecule has 9 rings (SSSR count). The van der Waals surface area contributed by atoms with Gasteiger partial charge in [0.05, 0.1) is 17.2 Å². The van der Waals surface area contributed by atoms with Gasteiger partial charge in [-0.3, -0.25) is 0 Å². The predicted octanol–water partition coefficient (Wildman–Crippen LogP) is 11.6. The van der Waals surface area contributed by atoms with Gasteiger partial charge in [-0.15, -0.1) is 0 Å². The van der Waals surface area contributed by atoms with E-state index in [-0.39, 0.29) is 45.7 Å². The van der Waals surface area contributed by atoms with Crippen molar-refractivity contribution in [3.8, 4) is 33.4 Å². The van der Waals surface area contributed by atoms with Gasteiger partial charge in [0.1, 0.15) is 16.7 Å². The second-order valence-corrected chi connectivity index (χ2v) is 10.3. The molecule has 0 amide bonds. The average molecular weight is 545 g/mol. The van der Waals surface area contributed by atoms with E-state index >= 15 is 0 Å². The van der Waals surface area contributed by atoms with Gasteiger partial charge in [-0.25, -0.2) is 0 Å². The van der Waals surface area contributed by atoms with E-state index in [9.17, 15) is 0 Å². The minimum atomic E-state index is -0.424. The summed E-state index contributed by atoms with van der Waals surface area (Å²) in [6, 6.07) is 25.4. The Balaban J connectivity index is 1.33. The zero-order chi connectivity index (χ0) is 34.6. The van der Waals surface area contributed by atoms with Gasteiger partial charge < -0.3 is 8.83 Å². The lowest BCUT2D eigenvalue weighted by Crippen LogP contribution is -1.90. The third-order valence-corrected chi connectivity index (χ3v) is 7.99. The molecule has 0 N–H and O–H groups in total. The number of furan rings is 2. The van der Waals surface area contributed by atoms with Crippen molar-refractivity contribution in [2.45, 2.75) is 0 Å². The second kappa shape index (κ2) is 8.95. The van der Waals surface area contributed by atoms with Crippen LogP contribution in [0.3, 0.4) is 0 Å². The quantitative estimate of drug-likeness (QED) is 0.207. The minimum Gasteiger partial charge on any atom is -0.464 e. The van der Waals surface area contributed by atoms with Crippen LogP contribution in [0.4, 0.5) is 0 Å². The van der Waals surface area contributed by atoms with E-state index in [0.717, 1.165) is 44.0 Å². The van der Waals surface area contributed by atoms with Crippen LogP contribution in [0.15, 0.2) is 154 Å². The monoisotopic (exact) mass is 544 g/mol. The van der Waals surface area contributed by atoms with Gasteiger partial charge in [-0.05, 0) is 85.3 Å². The first-order valence-electron chi connectivity index (χ1n) is 17.6. The Hall–Kier alpha value is -5.60. The maximum absolute atomic E-state index is 9.12. The van der Waals surface area contributed by atoms with Crippen molar-refractivity contribution >= 4 is 54.5 Å². The molecule has 0 radical (unpaired) electrons. The highest BCUT2D eigenvalue weighted by Gasteiger charge is 2.17. The van der Waals surface area contributed by atoms with Crippen LogP contribution in [0.5, 0.6) is 0 Å².